The molecule has 0 aliphatic heterocycles. The number of hydrogen-bond donors (Lipinski definition) is 3. The Kier molecular flexibility index (Phi) is 5.85. The fourth-order valence-corrected chi connectivity index (χ4v) is 6.57. The highest BCUT2D eigenvalue weighted by Crippen LogP contribution is 2.60. The van der Waals surface area contributed by atoms with E-state index in [2.05, 4.69) is 28.3 Å². The minimum absolute atomic E-state index is 0.275. The first-order valence-corrected chi connectivity index (χ1v) is 11.3. The normalized spacial score (nSPS) is 30.8. The van der Waals surface area contributed by atoms with Crippen LogP contribution < -0.4 is 16.3 Å². The summed E-state index contributed by atoms with van der Waals surface area (Å²) in [5.41, 5.74) is 10.9. The molecule has 0 amide bonds. The van der Waals surface area contributed by atoms with Crippen LogP contribution in [0.1, 0.15) is 51.0 Å². The average Bonchev–Trinajstić information content (AvgIpc) is 2.63. The van der Waals surface area contributed by atoms with Crippen molar-refractivity contribution < 1.29 is 0 Å². The maximum Gasteiger partial charge on any atom is 0.205 e. The van der Waals surface area contributed by atoms with Crippen molar-refractivity contribution in [3.05, 3.63) is 33.8 Å². The number of hydrazine groups is 1. The van der Waals surface area contributed by atoms with Crippen LogP contribution in [-0.4, -0.2) is 15.8 Å². The molecular weight excluding hydrogens is 431 g/mol. The highest BCUT2D eigenvalue weighted by atomic mass is 35.5. The van der Waals surface area contributed by atoms with Crippen LogP contribution in [0, 0.1) is 23.2 Å². The fourth-order valence-electron chi connectivity index (χ4n) is 5.69. The second kappa shape index (κ2) is 8.05. The lowest BCUT2D eigenvalue weighted by Gasteiger charge is -2.56. The molecule has 150 valence electrons. The Bertz CT molecular complexity index is 804. The van der Waals surface area contributed by atoms with Crippen LogP contribution in [0.4, 0.5) is 0 Å². The Balaban J connectivity index is 1.32. The highest BCUT2D eigenvalue weighted by molar-refractivity contribution is 7.81. The van der Waals surface area contributed by atoms with Crippen molar-refractivity contribution in [3.63, 3.8) is 0 Å². The molecule has 4 aliphatic rings. The molecule has 0 unspecified atom stereocenters. The third-order valence-electron chi connectivity index (χ3n) is 6.60. The summed E-state index contributed by atoms with van der Waals surface area (Å²) in [7, 11) is 0. The van der Waals surface area contributed by atoms with Crippen LogP contribution in [0.5, 0.6) is 0 Å². The van der Waals surface area contributed by atoms with Crippen LogP contribution in [0.15, 0.2) is 23.3 Å². The summed E-state index contributed by atoms with van der Waals surface area (Å²) in [6, 6.07) is 5.17. The van der Waals surface area contributed by atoms with Crippen LogP contribution in [0.2, 0.25) is 10.0 Å². The van der Waals surface area contributed by atoms with Crippen molar-refractivity contribution in [1.82, 2.24) is 16.3 Å². The maximum atomic E-state index is 6.18. The predicted molar refractivity (Wildman–Crippen MR) is 124 cm³/mol. The van der Waals surface area contributed by atoms with Gasteiger partial charge in [0.1, 0.15) is 4.99 Å². The minimum Gasteiger partial charge on any atom is -0.288 e. The molecule has 5 rings (SSSR count). The van der Waals surface area contributed by atoms with Gasteiger partial charge < -0.3 is 0 Å². The largest absolute Gasteiger partial charge is 0.288 e. The quantitative estimate of drug-likeness (QED) is 0.331. The van der Waals surface area contributed by atoms with Gasteiger partial charge in [-0.25, -0.2) is 0 Å². The second-order valence-electron chi connectivity index (χ2n) is 8.54. The molecule has 1 aromatic carbocycles. The molecule has 0 aromatic heterocycles. The van der Waals surface area contributed by atoms with E-state index in [-0.39, 0.29) is 5.41 Å². The molecule has 3 N–H and O–H groups in total. The van der Waals surface area contributed by atoms with Gasteiger partial charge in [-0.1, -0.05) is 35.4 Å². The van der Waals surface area contributed by atoms with Gasteiger partial charge in [-0.15, -0.1) is 0 Å². The number of hydrazone groups is 1. The fraction of sp³-hybridized carbons (Fsp3) is 0.550. The van der Waals surface area contributed by atoms with E-state index in [1.165, 1.54) is 44.2 Å². The molecule has 28 heavy (non-hydrogen) atoms. The zero-order valence-electron chi connectivity index (χ0n) is 15.7. The molecule has 4 saturated carbocycles. The van der Waals surface area contributed by atoms with Crippen LogP contribution in [0.3, 0.4) is 0 Å². The number of nitrogens with zero attached hydrogens (tertiary/aromatic N) is 1. The molecule has 4 fully saturated rings. The van der Waals surface area contributed by atoms with Crippen LogP contribution in [-0.2, 0) is 0 Å². The van der Waals surface area contributed by atoms with Crippen molar-refractivity contribution in [1.29, 1.82) is 0 Å². The second-order valence-corrected chi connectivity index (χ2v) is 10.2. The van der Waals surface area contributed by atoms with Gasteiger partial charge in [-0.2, -0.15) is 5.10 Å². The Labute approximate surface area is 186 Å². The van der Waals surface area contributed by atoms with E-state index in [0.717, 1.165) is 17.8 Å². The number of hydrogen-bond acceptors (Lipinski definition) is 3. The third kappa shape index (κ3) is 4.16. The summed E-state index contributed by atoms with van der Waals surface area (Å²) in [6.07, 6.45) is 8.13. The van der Waals surface area contributed by atoms with Crippen LogP contribution >= 0.6 is 47.6 Å². The summed E-state index contributed by atoms with van der Waals surface area (Å²) in [5.74, 6) is 2.68. The number of thiocarbonyl (C=S) groups is 2. The monoisotopic (exact) mass is 454 g/mol. The number of benzene rings is 1. The lowest BCUT2D eigenvalue weighted by atomic mass is 9.48. The highest BCUT2D eigenvalue weighted by Gasteiger charge is 2.52. The molecule has 0 atom stereocenters. The van der Waals surface area contributed by atoms with Crippen molar-refractivity contribution >= 4 is 63.5 Å². The summed E-state index contributed by atoms with van der Waals surface area (Å²) < 4.78 is 0. The van der Waals surface area contributed by atoms with E-state index in [1.807, 2.05) is 0 Å². The summed E-state index contributed by atoms with van der Waals surface area (Å²) in [5, 5.41) is 6.06. The predicted octanol–water partition coefficient (Wildman–Crippen LogP) is 5.23. The summed E-state index contributed by atoms with van der Waals surface area (Å²) >= 11 is 22.8. The first-order valence-electron chi connectivity index (χ1n) is 9.71. The van der Waals surface area contributed by atoms with Gasteiger partial charge in [0.05, 0.1) is 5.02 Å². The van der Waals surface area contributed by atoms with E-state index in [9.17, 15) is 0 Å². The minimum atomic E-state index is 0.275. The molecule has 8 heteroatoms. The Morgan fingerprint density at radius 1 is 1.04 bits per heavy atom. The van der Waals surface area contributed by atoms with E-state index in [4.69, 9.17) is 47.6 Å². The molecule has 0 heterocycles. The number of halogens is 2. The van der Waals surface area contributed by atoms with Gasteiger partial charge in [0.15, 0.2) is 0 Å². The first kappa shape index (κ1) is 20.3. The lowest BCUT2D eigenvalue weighted by Crippen LogP contribution is -2.50. The van der Waals surface area contributed by atoms with Crippen molar-refractivity contribution in [2.24, 2.45) is 28.3 Å². The first-order chi connectivity index (χ1) is 13.3. The number of nitrogens with one attached hydrogen (secondary N) is 3. The van der Waals surface area contributed by atoms with E-state index in [0.29, 0.717) is 25.7 Å². The van der Waals surface area contributed by atoms with Gasteiger partial charge in [-0.05, 0) is 93.6 Å². The van der Waals surface area contributed by atoms with Crippen LogP contribution in [0.25, 0.3) is 0 Å². The summed E-state index contributed by atoms with van der Waals surface area (Å²) in [6.45, 7) is 2.15. The Hall–Kier alpha value is -0.950. The Morgan fingerprint density at radius 2 is 1.64 bits per heavy atom. The van der Waals surface area contributed by atoms with Crippen molar-refractivity contribution in [2.75, 3.05) is 0 Å². The molecule has 4 bridgehead atoms. The molecule has 0 saturated heterocycles. The molecule has 4 nitrogen and oxygen atoms in total. The average molecular weight is 455 g/mol. The standard InChI is InChI=1S/C20H24Cl2N4S2/c1-11(20-8-12-4-13(9-20)6-14(5-12)10-20)23-25-19(28)26-24-18(27)16-3-2-15(21)7-17(16)22/h2-3,7,12-14H,4-6,8-10H2,1H3,(H,24,27)(H2,25,26,28)/b23-11+. The molecule has 1 aromatic rings. The SMILES string of the molecule is C/C(=N\NC(=S)NNC(=S)c1ccc(Cl)cc1Cl)C12CC3CC(CC(C3)C1)C2. The van der Waals surface area contributed by atoms with Gasteiger partial charge in [0, 0.05) is 21.7 Å². The molecular formula is C20H24Cl2N4S2. The topological polar surface area (TPSA) is 48.5 Å². The molecule has 0 spiro atoms. The maximum absolute atomic E-state index is 6.18. The van der Waals surface area contributed by atoms with Gasteiger partial charge in [0.25, 0.3) is 0 Å². The lowest BCUT2D eigenvalue weighted by molar-refractivity contribution is -0.0128. The zero-order valence-corrected chi connectivity index (χ0v) is 18.9. The smallest absolute Gasteiger partial charge is 0.205 e. The zero-order chi connectivity index (χ0) is 19.9. The molecule has 0 radical (unpaired) electrons. The number of rotatable bonds is 3. The van der Waals surface area contributed by atoms with Gasteiger partial charge in [-0.3, -0.25) is 16.3 Å². The van der Waals surface area contributed by atoms with Crippen molar-refractivity contribution in [3.8, 4) is 0 Å². The van der Waals surface area contributed by atoms with Gasteiger partial charge in [0.2, 0.25) is 5.11 Å². The van der Waals surface area contributed by atoms with E-state index in [1.54, 1.807) is 18.2 Å². The van der Waals surface area contributed by atoms with E-state index < -0.39 is 0 Å². The molecule has 4 aliphatic carbocycles. The van der Waals surface area contributed by atoms with Gasteiger partial charge >= 0.3 is 0 Å². The van der Waals surface area contributed by atoms with Crippen molar-refractivity contribution in [2.45, 2.75) is 45.4 Å². The van der Waals surface area contributed by atoms with E-state index >= 15 is 0 Å². The summed E-state index contributed by atoms with van der Waals surface area (Å²) in [4.78, 5) is 0.438. The Morgan fingerprint density at radius 3 is 2.21 bits per heavy atom. The third-order valence-corrected chi connectivity index (χ3v) is 7.66.